The van der Waals surface area contributed by atoms with Gasteiger partial charge in [-0.05, 0) is 50.0 Å². The van der Waals surface area contributed by atoms with Crippen LogP contribution in [0.15, 0.2) is 60.6 Å². The number of likely N-dealkylation sites (tertiary alicyclic amines) is 1. The number of carbonyl (C=O) groups is 1. The number of β-amino-alcohol motifs (C(OH)–C–C–N with tert-alkyl or cyclic N) is 1. The molecule has 0 radical (unpaired) electrons. The van der Waals surface area contributed by atoms with Gasteiger partial charge in [0.2, 0.25) is 0 Å². The Labute approximate surface area is 261 Å². The number of benzene rings is 2. The minimum atomic E-state index is -1.68. The van der Waals surface area contributed by atoms with Crippen molar-refractivity contribution in [3.63, 3.8) is 0 Å². The van der Waals surface area contributed by atoms with E-state index in [2.05, 4.69) is 11.4 Å². The Morgan fingerprint density at radius 2 is 1.88 bits per heavy atom. The molecule has 2 aromatic carbocycles. The van der Waals surface area contributed by atoms with Crippen molar-refractivity contribution in [2.45, 2.75) is 58.1 Å². The first kappa shape index (κ1) is 32.6. The lowest BCUT2D eigenvalue weighted by Crippen LogP contribution is -2.46. The Morgan fingerprint density at radius 1 is 1.19 bits per heavy atom. The number of urea groups is 1. The van der Waals surface area contributed by atoms with Crippen LogP contribution in [-0.2, 0) is 5.41 Å². The first-order chi connectivity index (χ1) is 20.0. The van der Waals surface area contributed by atoms with Gasteiger partial charge in [0.15, 0.2) is 0 Å². The third-order valence-corrected chi connectivity index (χ3v) is 8.25. The number of carbonyl (C=O) groups excluding carboxylic acids is 1. The van der Waals surface area contributed by atoms with Crippen molar-refractivity contribution in [3.8, 4) is 6.07 Å². The van der Waals surface area contributed by atoms with Crippen LogP contribution in [0.4, 0.5) is 13.6 Å². The summed E-state index contributed by atoms with van der Waals surface area (Å²) in [5, 5.41) is 27.6. The van der Waals surface area contributed by atoms with Crippen molar-refractivity contribution in [1.82, 2.24) is 20.2 Å². The Kier molecular flexibility index (Phi) is 9.09. The van der Waals surface area contributed by atoms with Gasteiger partial charge < -0.3 is 15.3 Å². The highest BCUT2D eigenvalue weighted by atomic mass is 35.5. The van der Waals surface area contributed by atoms with Gasteiger partial charge in [0, 0.05) is 48.1 Å². The highest BCUT2D eigenvalue weighted by Gasteiger charge is 2.60. The number of nitrogens with zero attached hydrogens (tertiary/aromatic N) is 4. The molecule has 230 valence electrons. The molecule has 1 fully saturated rings. The van der Waals surface area contributed by atoms with Crippen molar-refractivity contribution in [2.75, 3.05) is 20.1 Å². The molecule has 2 N–H and O–H groups in total. The lowest BCUT2D eigenvalue weighted by atomic mass is 9.63. The zero-order valence-corrected chi connectivity index (χ0v) is 26.6. The van der Waals surface area contributed by atoms with Crippen LogP contribution in [0.2, 0.25) is 10.0 Å². The zero-order valence-electron chi connectivity index (χ0n) is 25.1. The second-order valence-corrected chi connectivity index (χ2v) is 13.9. The van der Waals surface area contributed by atoms with Gasteiger partial charge in [-0.2, -0.15) is 5.26 Å². The van der Waals surface area contributed by atoms with E-state index in [-0.39, 0.29) is 33.1 Å². The number of allylic oxidation sites excluding steroid dienone is 1. The van der Waals surface area contributed by atoms with E-state index in [0.717, 1.165) is 6.07 Å². The summed E-state index contributed by atoms with van der Waals surface area (Å²) in [6, 6.07) is 9.04. The zero-order chi connectivity index (χ0) is 31.9. The summed E-state index contributed by atoms with van der Waals surface area (Å²) < 4.78 is 31.6. The third-order valence-electron chi connectivity index (χ3n) is 7.72. The van der Waals surface area contributed by atoms with Gasteiger partial charge >= 0.3 is 6.03 Å². The van der Waals surface area contributed by atoms with Gasteiger partial charge in [-0.3, -0.25) is 10.0 Å². The average molecular weight is 633 g/mol. The summed E-state index contributed by atoms with van der Waals surface area (Å²) >= 11 is 12.3. The molecule has 2 aromatic rings. The predicted octanol–water partition coefficient (Wildman–Crippen LogP) is 7.14. The van der Waals surface area contributed by atoms with E-state index in [0.29, 0.717) is 18.7 Å². The summed E-state index contributed by atoms with van der Waals surface area (Å²) in [6.07, 6.45) is 5.51. The second-order valence-electron chi connectivity index (χ2n) is 13.1. The molecule has 2 heterocycles. The van der Waals surface area contributed by atoms with E-state index >= 15 is 8.78 Å². The lowest BCUT2D eigenvalue weighted by Gasteiger charge is -2.38. The average Bonchev–Trinajstić information content (AvgIpc) is 3.19. The van der Waals surface area contributed by atoms with E-state index < -0.39 is 40.6 Å². The smallest absolute Gasteiger partial charge is 0.322 e. The van der Waals surface area contributed by atoms with Crippen LogP contribution in [0.3, 0.4) is 0 Å². The van der Waals surface area contributed by atoms with Gasteiger partial charge in [-0.25, -0.2) is 13.6 Å². The van der Waals surface area contributed by atoms with Crippen molar-refractivity contribution < 1.29 is 18.7 Å². The van der Waals surface area contributed by atoms with Crippen molar-refractivity contribution in [3.05, 3.63) is 93.4 Å². The molecule has 4 rings (SSSR count). The van der Waals surface area contributed by atoms with Gasteiger partial charge in [-0.15, -0.1) is 0 Å². The molecule has 2 amide bonds. The van der Waals surface area contributed by atoms with Crippen LogP contribution >= 0.6 is 23.2 Å². The third kappa shape index (κ3) is 6.77. The van der Waals surface area contributed by atoms with Crippen LogP contribution in [0.5, 0.6) is 0 Å². The summed E-state index contributed by atoms with van der Waals surface area (Å²) in [5.74, 6) is -2.08. The first-order valence-corrected chi connectivity index (χ1v) is 14.7. The minimum absolute atomic E-state index is 0.0107. The monoisotopic (exact) mass is 631 g/mol. The number of aliphatic hydroxyl groups is 1. The molecule has 7 nitrogen and oxygen atoms in total. The van der Waals surface area contributed by atoms with Crippen LogP contribution < -0.4 is 5.32 Å². The Morgan fingerprint density at radius 3 is 2.47 bits per heavy atom. The summed E-state index contributed by atoms with van der Waals surface area (Å²) in [7, 11) is 1.77. The fourth-order valence-corrected chi connectivity index (χ4v) is 6.43. The van der Waals surface area contributed by atoms with Crippen LogP contribution in [0.25, 0.3) is 0 Å². The van der Waals surface area contributed by atoms with E-state index in [1.807, 2.05) is 20.8 Å². The van der Waals surface area contributed by atoms with Crippen molar-refractivity contribution in [1.29, 1.82) is 5.26 Å². The Hall–Kier alpha value is -3.32. The molecule has 3 atom stereocenters. The van der Waals surface area contributed by atoms with Gasteiger partial charge in [0.25, 0.3) is 0 Å². The number of amides is 2. The molecular weight excluding hydrogens is 595 g/mol. The molecule has 0 spiro atoms. The number of hydrogen-bond donors (Lipinski definition) is 2. The van der Waals surface area contributed by atoms with E-state index in [4.69, 9.17) is 23.2 Å². The van der Waals surface area contributed by atoms with E-state index in [1.165, 1.54) is 29.2 Å². The minimum Gasteiger partial charge on any atom is -0.389 e. The normalized spacial score (nSPS) is 22.5. The van der Waals surface area contributed by atoms with Crippen LogP contribution in [-0.4, -0.2) is 51.8 Å². The molecule has 0 bridgehead atoms. The van der Waals surface area contributed by atoms with Crippen molar-refractivity contribution >= 4 is 29.2 Å². The summed E-state index contributed by atoms with van der Waals surface area (Å²) in [5.41, 5.74) is -2.48. The van der Waals surface area contributed by atoms with Crippen LogP contribution in [0, 0.1) is 34.3 Å². The van der Waals surface area contributed by atoms with Gasteiger partial charge in [0.1, 0.15) is 17.0 Å². The SMILES string of the molecule is CN1C=C(NC(=O)N2CC(CC(C)(C)C)C(C#N)(c3ccc(Cl)cc3F)C2c2cccc(Cl)c2F)C=CN1CC(C)(C)O. The molecule has 0 aliphatic carbocycles. The molecule has 2 aliphatic heterocycles. The fraction of sp³-hybridized carbons (Fsp3) is 0.438. The largest absolute Gasteiger partial charge is 0.389 e. The topological polar surface area (TPSA) is 82.8 Å². The summed E-state index contributed by atoms with van der Waals surface area (Å²) in [6.45, 7) is 9.74. The predicted molar refractivity (Wildman–Crippen MR) is 164 cm³/mol. The number of nitrogens with one attached hydrogen (secondary N) is 1. The molecule has 2 aliphatic rings. The number of rotatable bonds is 6. The van der Waals surface area contributed by atoms with Crippen LogP contribution in [0.1, 0.15) is 58.2 Å². The molecular formula is C32H37Cl2F2N5O2. The molecule has 0 aromatic heterocycles. The highest BCUT2D eigenvalue weighted by Crippen LogP contribution is 2.56. The number of halogens is 4. The molecule has 43 heavy (non-hydrogen) atoms. The fourth-order valence-electron chi connectivity index (χ4n) is 6.09. The van der Waals surface area contributed by atoms with E-state index in [9.17, 15) is 15.2 Å². The number of nitriles is 1. The second kappa shape index (κ2) is 12.0. The Balaban J connectivity index is 1.84. The molecule has 1 saturated heterocycles. The molecule has 3 unspecified atom stereocenters. The number of hydrogen-bond acceptors (Lipinski definition) is 5. The Bertz CT molecular complexity index is 1490. The standard InChI is InChI=1S/C32H37Cl2F2N5O2/c1-30(2,3)15-20-16-41(29(42)38-22-12-13-40(39(6)17-22)19-31(4,5)43)28(23-8-7-9-25(34)27(23)36)32(20,18-37)24-11-10-21(33)14-26(24)35/h7-14,17,20,28,43H,15-16,19H2,1-6H3,(H,38,42). The van der Waals surface area contributed by atoms with E-state index in [1.54, 1.807) is 55.5 Å². The van der Waals surface area contributed by atoms with Crippen molar-refractivity contribution in [2.24, 2.45) is 11.3 Å². The highest BCUT2D eigenvalue weighted by molar-refractivity contribution is 6.31. The van der Waals surface area contributed by atoms with Gasteiger partial charge in [-0.1, -0.05) is 62.2 Å². The van der Waals surface area contributed by atoms with Gasteiger partial charge in [0.05, 0.1) is 35.0 Å². The maximum atomic E-state index is 15.8. The molecule has 0 saturated carbocycles. The maximum absolute atomic E-state index is 15.8. The quantitative estimate of drug-likeness (QED) is 0.354. The summed E-state index contributed by atoms with van der Waals surface area (Å²) in [4.78, 5) is 15.5. The molecule has 11 heteroatoms. The number of hydrazine groups is 1. The lowest BCUT2D eigenvalue weighted by molar-refractivity contribution is -0.00908. The maximum Gasteiger partial charge on any atom is 0.322 e. The first-order valence-electron chi connectivity index (χ1n) is 14.0.